The Morgan fingerprint density at radius 3 is 2.68 bits per heavy atom. The fraction of sp³-hybridized carbons (Fsp3) is 0.611. The van der Waals surface area contributed by atoms with Crippen molar-refractivity contribution in [2.45, 2.75) is 33.3 Å². The SMILES string of the molecule is CCNC(=NCC(O)COCC(C)C)NCCc1cccc(F)c1.I. The predicted octanol–water partition coefficient (Wildman–Crippen LogP) is 2.57. The third-order valence-electron chi connectivity index (χ3n) is 3.16. The van der Waals surface area contributed by atoms with Crippen molar-refractivity contribution in [1.29, 1.82) is 0 Å². The summed E-state index contributed by atoms with van der Waals surface area (Å²) in [5.74, 6) is 0.858. The van der Waals surface area contributed by atoms with Gasteiger partial charge in [0, 0.05) is 19.7 Å². The number of nitrogens with zero attached hydrogens (tertiary/aromatic N) is 1. The summed E-state index contributed by atoms with van der Waals surface area (Å²) in [6.45, 7) is 8.66. The van der Waals surface area contributed by atoms with Crippen LogP contribution < -0.4 is 10.6 Å². The first-order valence-electron chi connectivity index (χ1n) is 8.53. The zero-order chi connectivity index (χ0) is 17.8. The highest BCUT2D eigenvalue weighted by atomic mass is 127. The van der Waals surface area contributed by atoms with Gasteiger partial charge in [0.25, 0.3) is 0 Å². The lowest BCUT2D eigenvalue weighted by Gasteiger charge is -2.14. The van der Waals surface area contributed by atoms with Crippen molar-refractivity contribution in [2.24, 2.45) is 10.9 Å². The monoisotopic (exact) mass is 467 g/mol. The van der Waals surface area contributed by atoms with Crippen LogP contribution in [0.3, 0.4) is 0 Å². The van der Waals surface area contributed by atoms with Gasteiger partial charge in [0.1, 0.15) is 5.82 Å². The molecule has 0 heterocycles. The van der Waals surface area contributed by atoms with Gasteiger partial charge < -0.3 is 20.5 Å². The molecule has 5 nitrogen and oxygen atoms in total. The lowest BCUT2D eigenvalue weighted by molar-refractivity contribution is 0.0301. The Morgan fingerprint density at radius 1 is 1.28 bits per heavy atom. The first kappa shape index (κ1) is 24.1. The number of aliphatic hydroxyl groups excluding tert-OH is 1. The molecule has 0 aliphatic heterocycles. The fourth-order valence-corrected chi connectivity index (χ4v) is 2.05. The second-order valence-electron chi connectivity index (χ2n) is 6.11. The van der Waals surface area contributed by atoms with Crippen LogP contribution in [0, 0.1) is 11.7 Å². The molecule has 0 aliphatic carbocycles. The molecule has 144 valence electrons. The molecule has 25 heavy (non-hydrogen) atoms. The molecular formula is C18H31FIN3O2. The first-order chi connectivity index (χ1) is 11.5. The van der Waals surface area contributed by atoms with Crippen LogP contribution in [0.25, 0.3) is 0 Å². The molecule has 1 aromatic rings. The third kappa shape index (κ3) is 12.1. The van der Waals surface area contributed by atoms with Crippen LogP contribution in [0.1, 0.15) is 26.3 Å². The Morgan fingerprint density at radius 2 is 2.04 bits per heavy atom. The van der Waals surface area contributed by atoms with Crippen molar-refractivity contribution >= 4 is 29.9 Å². The lowest BCUT2D eigenvalue weighted by atomic mass is 10.1. The second-order valence-corrected chi connectivity index (χ2v) is 6.11. The van der Waals surface area contributed by atoms with Crippen molar-refractivity contribution in [3.05, 3.63) is 35.6 Å². The standard InChI is InChI=1S/C18H30FN3O2.HI/c1-4-20-18(22-11-17(23)13-24-12-14(2)3)21-9-8-15-6-5-7-16(19)10-15;/h5-7,10,14,17,23H,4,8-9,11-13H2,1-3H3,(H2,20,21,22);1H. The number of guanidine groups is 1. The van der Waals surface area contributed by atoms with Gasteiger partial charge in [-0.1, -0.05) is 26.0 Å². The molecule has 0 spiro atoms. The maximum Gasteiger partial charge on any atom is 0.191 e. The van der Waals surface area contributed by atoms with Gasteiger partial charge in [0.15, 0.2) is 5.96 Å². The summed E-state index contributed by atoms with van der Waals surface area (Å²) in [4.78, 5) is 4.35. The fourth-order valence-electron chi connectivity index (χ4n) is 2.05. The van der Waals surface area contributed by atoms with Gasteiger partial charge in [-0.25, -0.2) is 4.39 Å². The van der Waals surface area contributed by atoms with E-state index in [4.69, 9.17) is 4.74 Å². The summed E-state index contributed by atoms with van der Waals surface area (Å²) >= 11 is 0. The topological polar surface area (TPSA) is 65.9 Å². The maximum atomic E-state index is 13.1. The molecule has 0 saturated heterocycles. The van der Waals surface area contributed by atoms with E-state index in [0.717, 1.165) is 12.1 Å². The van der Waals surface area contributed by atoms with E-state index in [1.54, 1.807) is 6.07 Å². The van der Waals surface area contributed by atoms with Crippen LogP contribution in [0.5, 0.6) is 0 Å². The zero-order valence-electron chi connectivity index (χ0n) is 15.3. The van der Waals surface area contributed by atoms with E-state index in [9.17, 15) is 9.50 Å². The van der Waals surface area contributed by atoms with Crippen LogP contribution in [-0.4, -0.2) is 50.0 Å². The van der Waals surface area contributed by atoms with Crippen LogP contribution in [0.4, 0.5) is 4.39 Å². The molecule has 1 rings (SSSR count). The number of ether oxygens (including phenoxy) is 1. The number of aliphatic hydroxyl groups is 1. The summed E-state index contributed by atoms with van der Waals surface area (Å²) in [6, 6.07) is 6.56. The van der Waals surface area contributed by atoms with Crippen molar-refractivity contribution in [3.8, 4) is 0 Å². The summed E-state index contributed by atoms with van der Waals surface area (Å²) < 4.78 is 18.5. The van der Waals surface area contributed by atoms with E-state index < -0.39 is 6.10 Å². The first-order valence-corrected chi connectivity index (χ1v) is 8.53. The number of benzene rings is 1. The van der Waals surface area contributed by atoms with Crippen molar-refractivity contribution < 1.29 is 14.2 Å². The van der Waals surface area contributed by atoms with Gasteiger partial charge in [-0.3, -0.25) is 4.99 Å². The van der Waals surface area contributed by atoms with Crippen LogP contribution in [0.2, 0.25) is 0 Å². The van der Waals surface area contributed by atoms with E-state index in [2.05, 4.69) is 29.5 Å². The van der Waals surface area contributed by atoms with E-state index in [1.165, 1.54) is 12.1 Å². The van der Waals surface area contributed by atoms with E-state index in [-0.39, 0.29) is 42.9 Å². The van der Waals surface area contributed by atoms with E-state index in [1.807, 2.05) is 13.0 Å². The number of aliphatic imine (C=N–C) groups is 1. The van der Waals surface area contributed by atoms with Crippen molar-refractivity contribution in [2.75, 3.05) is 32.8 Å². The molecular weight excluding hydrogens is 436 g/mol. The Kier molecular flexibility index (Phi) is 13.7. The molecule has 0 radical (unpaired) electrons. The number of halogens is 2. The molecule has 7 heteroatoms. The Balaban J connectivity index is 0.00000576. The number of rotatable bonds is 10. The zero-order valence-corrected chi connectivity index (χ0v) is 17.6. The number of hydrogen-bond acceptors (Lipinski definition) is 3. The highest BCUT2D eigenvalue weighted by molar-refractivity contribution is 14.0. The van der Waals surface area contributed by atoms with Crippen molar-refractivity contribution in [3.63, 3.8) is 0 Å². The Hall–Kier alpha value is -0.930. The van der Waals surface area contributed by atoms with Gasteiger partial charge in [-0.15, -0.1) is 24.0 Å². The smallest absolute Gasteiger partial charge is 0.191 e. The summed E-state index contributed by atoms with van der Waals surface area (Å²) in [7, 11) is 0. The van der Waals surface area contributed by atoms with Gasteiger partial charge in [-0.2, -0.15) is 0 Å². The lowest BCUT2D eigenvalue weighted by Crippen LogP contribution is -2.39. The minimum Gasteiger partial charge on any atom is -0.389 e. The van der Waals surface area contributed by atoms with Crippen LogP contribution >= 0.6 is 24.0 Å². The number of hydrogen-bond donors (Lipinski definition) is 3. The minimum atomic E-state index is -0.623. The molecule has 0 amide bonds. The second kappa shape index (κ2) is 14.3. The molecule has 0 fully saturated rings. The highest BCUT2D eigenvalue weighted by Crippen LogP contribution is 2.03. The summed E-state index contributed by atoms with van der Waals surface area (Å²) in [5.41, 5.74) is 0.931. The molecule has 1 aromatic carbocycles. The maximum absolute atomic E-state index is 13.1. The molecule has 1 unspecified atom stereocenters. The Bertz CT molecular complexity index is 501. The molecule has 3 N–H and O–H groups in total. The molecule has 0 aliphatic rings. The molecule has 0 aromatic heterocycles. The quantitative estimate of drug-likeness (QED) is 0.281. The normalized spacial score (nSPS) is 12.6. The van der Waals surface area contributed by atoms with Crippen LogP contribution in [0.15, 0.2) is 29.3 Å². The van der Waals surface area contributed by atoms with Gasteiger partial charge in [-0.05, 0) is 37.0 Å². The highest BCUT2D eigenvalue weighted by Gasteiger charge is 2.05. The summed E-state index contributed by atoms with van der Waals surface area (Å²) in [5, 5.41) is 16.2. The predicted molar refractivity (Wildman–Crippen MR) is 111 cm³/mol. The van der Waals surface area contributed by atoms with Crippen molar-refractivity contribution in [1.82, 2.24) is 10.6 Å². The Labute approximate surface area is 167 Å². The van der Waals surface area contributed by atoms with E-state index >= 15 is 0 Å². The largest absolute Gasteiger partial charge is 0.389 e. The average molecular weight is 467 g/mol. The van der Waals surface area contributed by atoms with Crippen LogP contribution in [-0.2, 0) is 11.2 Å². The van der Waals surface area contributed by atoms with E-state index in [0.29, 0.717) is 31.4 Å². The average Bonchev–Trinajstić information content (AvgIpc) is 2.52. The minimum absolute atomic E-state index is 0. The third-order valence-corrected chi connectivity index (χ3v) is 3.16. The molecule has 1 atom stereocenters. The molecule has 0 saturated carbocycles. The number of nitrogens with one attached hydrogen (secondary N) is 2. The van der Waals surface area contributed by atoms with Gasteiger partial charge >= 0.3 is 0 Å². The molecule has 0 bridgehead atoms. The van der Waals surface area contributed by atoms with Gasteiger partial charge in [0.2, 0.25) is 0 Å². The van der Waals surface area contributed by atoms with Gasteiger partial charge in [0.05, 0.1) is 19.3 Å². The summed E-state index contributed by atoms with van der Waals surface area (Å²) in [6.07, 6.45) is 0.0739.